The fraction of sp³-hybridized carbons (Fsp3) is 0.600. The van der Waals surface area contributed by atoms with Gasteiger partial charge in [0.05, 0.1) is 0 Å². The first-order chi connectivity index (χ1) is 8.59. The van der Waals surface area contributed by atoms with Crippen LogP contribution in [0, 0.1) is 0 Å². The summed E-state index contributed by atoms with van der Waals surface area (Å²) in [6.45, 7) is 9.62. The highest BCUT2D eigenvalue weighted by molar-refractivity contribution is 7.67. The van der Waals surface area contributed by atoms with Crippen molar-refractivity contribution in [1.29, 1.82) is 0 Å². The molecule has 0 saturated heterocycles. The topological polar surface area (TPSA) is 0 Å². The minimum Gasteiger partial charge on any atom is -0.113 e. The Morgan fingerprint density at radius 3 is 1.89 bits per heavy atom. The molecule has 0 N–H and O–H groups in total. The van der Waals surface area contributed by atoms with Crippen LogP contribution in [0.15, 0.2) is 30.3 Å². The second-order valence-corrected chi connectivity index (χ2v) is 13.0. The largest absolute Gasteiger partial charge is 0.113 e. The molecule has 1 unspecified atom stereocenters. The van der Waals surface area contributed by atoms with Gasteiger partial charge >= 0.3 is 0 Å². The molecule has 0 saturated carbocycles. The SMILES string of the molecule is CP(C)CCCP(CCP(C)C)c1ccccc1. The third kappa shape index (κ3) is 7.19. The Morgan fingerprint density at radius 1 is 0.722 bits per heavy atom. The van der Waals surface area contributed by atoms with E-state index in [0.29, 0.717) is 7.92 Å². The molecule has 102 valence electrons. The minimum absolute atomic E-state index is 0.108. The van der Waals surface area contributed by atoms with Crippen molar-refractivity contribution < 1.29 is 0 Å². The van der Waals surface area contributed by atoms with E-state index in [1.54, 1.807) is 5.30 Å². The molecule has 0 fully saturated rings. The van der Waals surface area contributed by atoms with Gasteiger partial charge in [0.2, 0.25) is 0 Å². The highest BCUT2D eigenvalue weighted by Gasteiger charge is 2.11. The van der Waals surface area contributed by atoms with Gasteiger partial charge in [0.15, 0.2) is 0 Å². The van der Waals surface area contributed by atoms with Crippen LogP contribution >= 0.6 is 23.8 Å². The van der Waals surface area contributed by atoms with E-state index in [1.807, 2.05) is 0 Å². The lowest BCUT2D eigenvalue weighted by Gasteiger charge is -2.20. The number of hydrogen-bond acceptors (Lipinski definition) is 0. The first-order valence-corrected chi connectivity index (χ1v) is 13.2. The van der Waals surface area contributed by atoms with Gasteiger partial charge in [-0.25, -0.2) is 0 Å². The van der Waals surface area contributed by atoms with Crippen molar-refractivity contribution in [3.05, 3.63) is 30.3 Å². The number of hydrogen-bond donors (Lipinski definition) is 0. The van der Waals surface area contributed by atoms with Crippen molar-refractivity contribution in [2.75, 3.05) is 51.3 Å². The van der Waals surface area contributed by atoms with Gasteiger partial charge in [-0.05, 0) is 63.0 Å². The van der Waals surface area contributed by atoms with Crippen molar-refractivity contribution in [2.24, 2.45) is 0 Å². The van der Waals surface area contributed by atoms with Gasteiger partial charge in [0.25, 0.3) is 0 Å². The summed E-state index contributed by atoms with van der Waals surface area (Å²) in [5, 5.41) is 1.63. The van der Waals surface area contributed by atoms with Crippen LogP contribution < -0.4 is 5.30 Å². The van der Waals surface area contributed by atoms with Crippen LogP contribution in [0.2, 0.25) is 0 Å². The molecule has 18 heavy (non-hydrogen) atoms. The van der Waals surface area contributed by atoms with Crippen LogP contribution in [-0.2, 0) is 0 Å². The summed E-state index contributed by atoms with van der Waals surface area (Å²) >= 11 is 0. The zero-order chi connectivity index (χ0) is 13.4. The zero-order valence-electron chi connectivity index (χ0n) is 12.3. The standard InChI is InChI=1S/C15H27P3/c1-16(2)11-8-12-18(14-13-17(3)4)15-9-6-5-7-10-15/h5-7,9-10H,8,11-14H2,1-4H3. The molecule has 3 heteroatoms. The average molecular weight is 300 g/mol. The number of benzene rings is 1. The maximum Gasteiger partial charge on any atom is -0.0240 e. The highest BCUT2D eigenvalue weighted by atomic mass is 31.1. The smallest absolute Gasteiger partial charge is 0.0240 e. The van der Waals surface area contributed by atoms with E-state index in [4.69, 9.17) is 0 Å². The number of rotatable bonds is 8. The Morgan fingerprint density at radius 2 is 1.33 bits per heavy atom. The second-order valence-electron chi connectivity index (χ2n) is 5.28. The molecule has 0 aliphatic rings. The van der Waals surface area contributed by atoms with Crippen molar-refractivity contribution in [3.8, 4) is 0 Å². The second kappa shape index (κ2) is 9.42. The van der Waals surface area contributed by atoms with E-state index >= 15 is 0 Å². The predicted molar refractivity (Wildman–Crippen MR) is 94.6 cm³/mol. The Bertz CT molecular complexity index is 309. The fourth-order valence-corrected chi connectivity index (χ4v) is 7.39. The maximum atomic E-state index is 2.41. The molecule has 0 aliphatic carbocycles. The summed E-state index contributed by atoms with van der Waals surface area (Å²) in [4.78, 5) is 0. The molecule has 0 aromatic heterocycles. The molecule has 0 bridgehead atoms. The highest BCUT2D eigenvalue weighted by Crippen LogP contribution is 2.40. The molecule has 0 spiro atoms. The Hall–Kier alpha value is 0.510. The molecule has 0 amide bonds. The predicted octanol–water partition coefficient (Wildman–Crippen LogP) is 4.67. The summed E-state index contributed by atoms with van der Waals surface area (Å²) in [5.74, 6) is 0. The van der Waals surface area contributed by atoms with Crippen LogP contribution in [0.3, 0.4) is 0 Å². The van der Waals surface area contributed by atoms with Crippen molar-refractivity contribution >= 4 is 29.1 Å². The quantitative estimate of drug-likeness (QED) is 0.612. The monoisotopic (exact) mass is 300 g/mol. The van der Waals surface area contributed by atoms with E-state index in [1.165, 1.54) is 31.1 Å². The van der Waals surface area contributed by atoms with E-state index < -0.39 is 0 Å². The summed E-state index contributed by atoms with van der Waals surface area (Å²) in [7, 11) is 0.670. The van der Waals surface area contributed by atoms with Crippen LogP contribution in [0.1, 0.15) is 6.42 Å². The van der Waals surface area contributed by atoms with E-state index in [9.17, 15) is 0 Å². The van der Waals surface area contributed by atoms with E-state index in [0.717, 1.165) is 0 Å². The van der Waals surface area contributed by atoms with Crippen molar-refractivity contribution in [3.63, 3.8) is 0 Å². The molecule has 0 aliphatic heterocycles. The van der Waals surface area contributed by atoms with E-state index in [-0.39, 0.29) is 15.8 Å². The Labute approximate surface area is 117 Å². The average Bonchev–Trinajstić information content (AvgIpc) is 2.34. The first kappa shape index (κ1) is 16.6. The Balaban J connectivity index is 2.52. The van der Waals surface area contributed by atoms with Gasteiger partial charge in [-0.15, -0.1) is 15.8 Å². The molecule has 0 heterocycles. The first-order valence-electron chi connectivity index (χ1n) is 6.69. The fourth-order valence-electron chi connectivity index (χ4n) is 1.91. The van der Waals surface area contributed by atoms with Crippen LogP contribution in [0.25, 0.3) is 0 Å². The van der Waals surface area contributed by atoms with Gasteiger partial charge in [0, 0.05) is 0 Å². The molecular formula is C15H27P3. The van der Waals surface area contributed by atoms with Gasteiger partial charge in [-0.1, -0.05) is 38.3 Å². The van der Waals surface area contributed by atoms with E-state index in [2.05, 4.69) is 57.0 Å². The van der Waals surface area contributed by atoms with Gasteiger partial charge in [-0.3, -0.25) is 0 Å². The summed E-state index contributed by atoms with van der Waals surface area (Å²) in [6.07, 6.45) is 7.23. The normalized spacial score (nSPS) is 13.2. The molecule has 1 aromatic carbocycles. The molecule has 0 nitrogen and oxygen atoms in total. The lowest BCUT2D eigenvalue weighted by atomic mass is 10.4. The van der Waals surface area contributed by atoms with Crippen molar-refractivity contribution in [1.82, 2.24) is 0 Å². The maximum absolute atomic E-state index is 2.41. The zero-order valence-corrected chi connectivity index (χ0v) is 14.9. The van der Waals surface area contributed by atoms with Gasteiger partial charge in [0.1, 0.15) is 0 Å². The summed E-state index contributed by atoms with van der Waals surface area (Å²) < 4.78 is 0. The third-order valence-electron chi connectivity index (χ3n) is 2.97. The minimum atomic E-state index is 0.108. The Kier molecular flexibility index (Phi) is 8.67. The summed E-state index contributed by atoms with van der Waals surface area (Å²) in [5.41, 5.74) is 0. The van der Waals surface area contributed by atoms with Crippen molar-refractivity contribution in [2.45, 2.75) is 6.42 Å². The summed E-state index contributed by atoms with van der Waals surface area (Å²) in [6, 6.07) is 11.2. The molecule has 1 aromatic rings. The van der Waals surface area contributed by atoms with Crippen LogP contribution in [-0.4, -0.2) is 51.3 Å². The molecular weight excluding hydrogens is 273 g/mol. The van der Waals surface area contributed by atoms with Gasteiger partial charge in [-0.2, -0.15) is 0 Å². The molecule has 0 radical (unpaired) electrons. The van der Waals surface area contributed by atoms with Crippen LogP contribution in [0.4, 0.5) is 0 Å². The lowest BCUT2D eigenvalue weighted by Crippen LogP contribution is -2.08. The van der Waals surface area contributed by atoms with Gasteiger partial charge < -0.3 is 0 Å². The lowest BCUT2D eigenvalue weighted by molar-refractivity contribution is 1.10. The molecule has 1 rings (SSSR count). The molecule has 1 atom stereocenters. The third-order valence-corrected chi connectivity index (χ3v) is 8.30. The van der Waals surface area contributed by atoms with Crippen LogP contribution in [0.5, 0.6) is 0 Å².